The molecule has 0 radical (unpaired) electrons. The molecule has 2 nitrogen and oxygen atoms in total. The molecule has 1 rings (SSSR count). The molecule has 1 aromatic rings. The number of nitrogen functional groups attached to an aromatic ring is 1. The van der Waals surface area contributed by atoms with E-state index < -0.39 is 8.40 Å². The number of hydrogen-bond donors (Lipinski definition) is 2. The molecule has 9 heavy (non-hydrogen) atoms. The molecular formula is C6H8N2Si. The molecule has 3 N–H and O–H groups in total. The Bertz CT molecular complexity index is 208. The van der Waals surface area contributed by atoms with E-state index in [0.717, 1.165) is 0 Å². The number of nitrogens with two attached hydrogens (primary N) is 1. The second-order valence-electron chi connectivity index (χ2n) is 1.78. The van der Waals surface area contributed by atoms with E-state index in [1.165, 1.54) is 0 Å². The third kappa shape index (κ3) is 1.47. The Morgan fingerprint density at radius 3 is 2.11 bits per heavy atom. The van der Waals surface area contributed by atoms with Gasteiger partial charge in [0, 0.05) is 0 Å². The molecule has 0 unspecified atom stereocenters. The lowest BCUT2D eigenvalue weighted by Gasteiger charge is -1.91. The van der Waals surface area contributed by atoms with E-state index in [-0.39, 0.29) is 0 Å². The first-order valence-electron chi connectivity index (χ1n) is 2.70. The molecule has 0 aliphatic heterocycles. The zero-order valence-electron chi connectivity index (χ0n) is 4.96. The normalized spacial score (nSPS) is 8.89. The van der Waals surface area contributed by atoms with Crippen LogP contribution in [-0.2, 0) is 0 Å². The summed E-state index contributed by atoms with van der Waals surface area (Å²) in [5.41, 5.74) is 9.57. The summed E-state index contributed by atoms with van der Waals surface area (Å²) in [6, 6.07) is 5.82. The summed E-state index contributed by atoms with van der Waals surface area (Å²) < 4.78 is 0. The Morgan fingerprint density at radius 2 is 1.78 bits per heavy atom. The van der Waals surface area contributed by atoms with E-state index in [9.17, 15) is 0 Å². The molecule has 0 saturated carbocycles. The van der Waals surface area contributed by atoms with Gasteiger partial charge in [-0.1, -0.05) is 29.6 Å². The highest BCUT2D eigenvalue weighted by molar-refractivity contribution is 6.83. The molecule has 0 amide bonds. The lowest BCUT2D eigenvalue weighted by atomic mass is 10.6. The molecule has 46 valence electrons. The predicted octanol–water partition coefficient (Wildman–Crippen LogP) is 0.454. The van der Waals surface area contributed by atoms with Crippen LogP contribution in [0.25, 0.3) is 0 Å². The van der Waals surface area contributed by atoms with Gasteiger partial charge in [-0.3, -0.25) is 5.41 Å². The van der Waals surface area contributed by atoms with Gasteiger partial charge in [-0.2, -0.15) is 0 Å². The maximum Gasteiger partial charge on any atom is 0.118 e. The maximum absolute atomic E-state index is 7.10. The first-order valence-corrected chi connectivity index (χ1v) is 4.35. The van der Waals surface area contributed by atoms with Crippen molar-refractivity contribution >= 4 is 13.9 Å². The number of hydrogen-bond acceptors (Lipinski definition) is 1. The van der Waals surface area contributed by atoms with Gasteiger partial charge in [0.05, 0.1) is 5.46 Å². The van der Waals surface area contributed by atoms with Crippen molar-refractivity contribution in [3.63, 3.8) is 0 Å². The fourth-order valence-electron chi connectivity index (χ4n) is 0.618. The Hall–Kier alpha value is -0.963. The fourth-order valence-corrected chi connectivity index (χ4v) is 1.72. The van der Waals surface area contributed by atoms with Crippen molar-refractivity contribution in [3.8, 4) is 0 Å². The van der Waals surface area contributed by atoms with Crippen LogP contribution >= 0.6 is 0 Å². The Labute approximate surface area is 55.4 Å². The monoisotopic (exact) mass is 136 g/mol. The van der Waals surface area contributed by atoms with Crippen LogP contribution < -0.4 is 5.73 Å². The van der Waals surface area contributed by atoms with Crippen LogP contribution in [0.2, 0.25) is 0 Å². The molecule has 0 aliphatic carbocycles. The van der Waals surface area contributed by atoms with Crippen molar-refractivity contribution < 1.29 is 0 Å². The largest absolute Gasteiger partial charge is 0.388 e. The highest BCUT2D eigenvalue weighted by Gasteiger charge is 1.91. The quantitative estimate of drug-likeness (QED) is 0.329. The summed E-state index contributed by atoms with van der Waals surface area (Å²) in [6.45, 7) is 0. The molecule has 3 heteroatoms. The van der Waals surface area contributed by atoms with Crippen molar-refractivity contribution in [1.29, 1.82) is 5.41 Å². The molecular weight excluding hydrogens is 128 g/mol. The SMILES string of the molecule is N=C(N)[si]1ccccc1. The minimum Gasteiger partial charge on any atom is -0.388 e. The molecule has 0 spiro atoms. The Kier molecular flexibility index (Phi) is 1.74. The van der Waals surface area contributed by atoms with Gasteiger partial charge in [0.25, 0.3) is 0 Å². The second kappa shape index (κ2) is 2.55. The van der Waals surface area contributed by atoms with Gasteiger partial charge < -0.3 is 5.73 Å². The molecule has 0 atom stereocenters. The van der Waals surface area contributed by atoms with Crippen LogP contribution in [0.4, 0.5) is 0 Å². The van der Waals surface area contributed by atoms with E-state index in [2.05, 4.69) is 0 Å². The third-order valence-corrected chi connectivity index (χ3v) is 2.81. The van der Waals surface area contributed by atoms with Crippen molar-refractivity contribution in [1.82, 2.24) is 0 Å². The zero-order valence-corrected chi connectivity index (χ0v) is 5.96. The molecule has 0 saturated heterocycles. The van der Waals surface area contributed by atoms with E-state index in [4.69, 9.17) is 11.1 Å². The average Bonchev–Trinajstić information content (AvgIpc) is 1.90. The van der Waals surface area contributed by atoms with Gasteiger partial charge in [0.15, 0.2) is 0 Å². The summed E-state index contributed by atoms with van der Waals surface area (Å²) >= 11 is 0. The van der Waals surface area contributed by atoms with Crippen LogP contribution in [0.15, 0.2) is 29.6 Å². The van der Waals surface area contributed by atoms with Crippen molar-refractivity contribution in [2.45, 2.75) is 0 Å². The summed E-state index contributed by atoms with van der Waals surface area (Å²) in [5.74, 6) is 0. The first kappa shape index (κ1) is 6.16. The van der Waals surface area contributed by atoms with Crippen LogP contribution in [-0.4, -0.2) is 13.9 Å². The average molecular weight is 136 g/mol. The van der Waals surface area contributed by atoms with Gasteiger partial charge in [-0.05, 0) is 0 Å². The van der Waals surface area contributed by atoms with Gasteiger partial charge in [-0.15, -0.1) is 0 Å². The minimum atomic E-state index is -0.896. The summed E-state index contributed by atoms with van der Waals surface area (Å²) in [4.78, 5) is 0. The van der Waals surface area contributed by atoms with E-state index in [0.29, 0.717) is 5.46 Å². The van der Waals surface area contributed by atoms with Crippen LogP contribution in [0.3, 0.4) is 0 Å². The highest BCUT2D eigenvalue weighted by Crippen LogP contribution is 1.82. The minimum absolute atomic E-state index is 0.306. The predicted molar refractivity (Wildman–Crippen MR) is 39.7 cm³/mol. The zero-order chi connectivity index (χ0) is 6.69. The van der Waals surface area contributed by atoms with E-state index in [1.54, 1.807) is 0 Å². The first-order chi connectivity index (χ1) is 4.30. The number of rotatable bonds is 1. The standard InChI is InChI=1S/C6H8N2Si/c7-6(8)9-4-2-1-3-5-9/h1-5H,(H3,7,8). The molecule has 1 aromatic heterocycles. The van der Waals surface area contributed by atoms with Crippen LogP contribution in [0.5, 0.6) is 0 Å². The van der Waals surface area contributed by atoms with Gasteiger partial charge in [0.1, 0.15) is 8.40 Å². The van der Waals surface area contributed by atoms with Gasteiger partial charge in [-0.25, -0.2) is 0 Å². The van der Waals surface area contributed by atoms with Crippen molar-refractivity contribution in [3.05, 3.63) is 29.6 Å². The van der Waals surface area contributed by atoms with Crippen molar-refractivity contribution in [2.75, 3.05) is 0 Å². The maximum atomic E-state index is 7.10. The fraction of sp³-hybridized carbons (Fsp3) is 0. The van der Waals surface area contributed by atoms with Gasteiger partial charge >= 0.3 is 0 Å². The lowest BCUT2D eigenvalue weighted by molar-refractivity contribution is 1.49. The summed E-state index contributed by atoms with van der Waals surface area (Å²) in [6.07, 6.45) is 0. The molecule has 0 aliphatic rings. The summed E-state index contributed by atoms with van der Waals surface area (Å²) in [5, 5.41) is 7.10. The smallest absolute Gasteiger partial charge is 0.118 e. The summed E-state index contributed by atoms with van der Waals surface area (Å²) in [7, 11) is -0.896. The lowest BCUT2D eigenvalue weighted by Crippen LogP contribution is -2.20. The Morgan fingerprint density at radius 1 is 1.22 bits per heavy atom. The van der Waals surface area contributed by atoms with E-state index >= 15 is 0 Å². The highest BCUT2D eigenvalue weighted by atomic mass is 28.2. The number of amidine groups is 1. The topological polar surface area (TPSA) is 49.9 Å². The molecule has 0 bridgehead atoms. The van der Waals surface area contributed by atoms with Gasteiger partial charge in [0.2, 0.25) is 0 Å². The molecule has 1 heterocycles. The van der Waals surface area contributed by atoms with E-state index in [1.807, 2.05) is 29.6 Å². The van der Waals surface area contributed by atoms with Crippen LogP contribution in [0, 0.1) is 5.41 Å². The molecule has 0 fully saturated rings. The second-order valence-corrected chi connectivity index (χ2v) is 3.90. The third-order valence-electron chi connectivity index (χ3n) is 1.08. The van der Waals surface area contributed by atoms with Crippen LogP contribution in [0.1, 0.15) is 0 Å². The molecule has 0 aromatic carbocycles. The number of nitrogens with one attached hydrogen (secondary N) is 1. The Balaban J connectivity index is 2.98. The van der Waals surface area contributed by atoms with Crippen molar-refractivity contribution in [2.24, 2.45) is 5.73 Å².